The highest BCUT2D eigenvalue weighted by atomic mass is 32.1. The lowest BCUT2D eigenvalue weighted by Gasteiger charge is -2.35. The molecule has 1 N–H and O–H groups in total. The SMILES string of the molecule is CCOc1ccc(OCC(O)CN2CCN(C(=O)c3cccs3)CC2)cc1. The number of hydrogen-bond donors (Lipinski definition) is 1. The molecule has 1 aromatic heterocycles. The van der Waals surface area contributed by atoms with E-state index in [1.165, 1.54) is 11.3 Å². The summed E-state index contributed by atoms with van der Waals surface area (Å²) in [5.41, 5.74) is 0. The van der Waals surface area contributed by atoms with E-state index in [0.29, 0.717) is 32.0 Å². The molecular weight excluding hydrogens is 364 g/mol. The summed E-state index contributed by atoms with van der Waals surface area (Å²) in [6.45, 7) is 6.24. The van der Waals surface area contributed by atoms with Gasteiger partial charge < -0.3 is 19.5 Å². The van der Waals surface area contributed by atoms with Gasteiger partial charge in [-0.25, -0.2) is 0 Å². The first-order chi connectivity index (χ1) is 13.2. The molecule has 1 unspecified atom stereocenters. The Hall–Kier alpha value is -2.09. The van der Waals surface area contributed by atoms with E-state index in [-0.39, 0.29) is 12.5 Å². The lowest BCUT2D eigenvalue weighted by Crippen LogP contribution is -2.50. The average molecular weight is 391 g/mol. The second-order valence-electron chi connectivity index (χ2n) is 6.44. The zero-order valence-corrected chi connectivity index (χ0v) is 16.4. The number of nitrogens with zero attached hydrogens (tertiary/aromatic N) is 2. The molecule has 2 aromatic rings. The molecule has 2 heterocycles. The number of benzene rings is 1. The van der Waals surface area contributed by atoms with Gasteiger partial charge in [-0.2, -0.15) is 0 Å². The quantitative estimate of drug-likeness (QED) is 0.750. The molecule has 0 bridgehead atoms. The molecule has 6 nitrogen and oxygen atoms in total. The van der Waals surface area contributed by atoms with Gasteiger partial charge in [-0.3, -0.25) is 9.69 Å². The maximum Gasteiger partial charge on any atom is 0.264 e. The van der Waals surface area contributed by atoms with Crippen LogP contribution in [0.25, 0.3) is 0 Å². The number of aliphatic hydroxyl groups is 1. The van der Waals surface area contributed by atoms with Gasteiger partial charge in [0.15, 0.2) is 0 Å². The predicted molar refractivity (Wildman–Crippen MR) is 106 cm³/mol. The van der Waals surface area contributed by atoms with E-state index in [1.54, 1.807) is 0 Å². The first-order valence-electron chi connectivity index (χ1n) is 9.24. The van der Waals surface area contributed by atoms with Crippen LogP contribution in [0.2, 0.25) is 0 Å². The van der Waals surface area contributed by atoms with Gasteiger partial charge in [-0.05, 0) is 42.6 Å². The molecule has 1 saturated heterocycles. The maximum atomic E-state index is 12.4. The van der Waals surface area contributed by atoms with Gasteiger partial charge >= 0.3 is 0 Å². The number of β-amino-alcohol motifs (C(OH)–C–C–N with tert-alkyl or cyclic N) is 1. The first-order valence-corrected chi connectivity index (χ1v) is 10.1. The van der Waals surface area contributed by atoms with E-state index in [1.807, 2.05) is 53.6 Å². The number of amides is 1. The second kappa shape index (κ2) is 9.73. The van der Waals surface area contributed by atoms with Gasteiger partial charge in [0.05, 0.1) is 11.5 Å². The Labute approximate surface area is 163 Å². The van der Waals surface area contributed by atoms with Crippen molar-refractivity contribution < 1.29 is 19.4 Å². The molecule has 1 aliphatic heterocycles. The van der Waals surface area contributed by atoms with Crippen LogP contribution in [0.1, 0.15) is 16.6 Å². The third-order valence-corrected chi connectivity index (χ3v) is 5.30. The maximum absolute atomic E-state index is 12.4. The van der Waals surface area contributed by atoms with E-state index in [0.717, 1.165) is 23.7 Å². The lowest BCUT2D eigenvalue weighted by molar-refractivity contribution is 0.0406. The number of carbonyl (C=O) groups is 1. The first kappa shape index (κ1) is 19.7. The van der Waals surface area contributed by atoms with Crippen molar-refractivity contribution in [2.24, 2.45) is 0 Å². The minimum absolute atomic E-state index is 0.101. The second-order valence-corrected chi connectivity index (χ2v) is 7.39. The van der Waals surface area contributed by atoms with Crippen molar-refractivity contribution in [3.05, 3.63) is 46.7 Å². The summed E-state index contributed by atoms with van der Waals surface area (Å²) in [4.78, 5) is 17.2. The molecule has 1 aromatic carbocycles. The molecule has 0 saturated carbocycles. The normalized spacial score (nSPS) is 16.1. The lowest BCUT2D eigenvalue weighted by atomic mass is 10.2. The van der Waals surface area contributed by atoms with Gasteiger partial charge in [0.2, 0.25) is 0 Å². The number of carbonyl (C=O) groups excluding carboxylic acids is 1. The molecule has 0 radical (unpaired) electrons. The molecule has 146 valence electrons. The number of aliphatic hydroxyl groups excluding tert-OH is 1. The van der Waals surface area contributed by atoms with Crippen LogP contribution in [-0.2, 0) is 0 Å². The number of hydrogen-bond acceptors (Lipinski definition) is 6. The zero-order valence-electron chi connectivity index (χ0n) is 15.5. The molecule has 0 spiro atoms. The Morgan fingerprint density at radius 1 is 1.11 bits per heavy atom. The van der Waals surface area contributed by atoms with Crippen LogP contribution >= 0.6 is 11.3 Å². The van der Waals surface area contributed by atoms with Crippen molar-refractivity contribution in [2.75, 3.05) is 45.9 Å². The molecule has 27 heavy (non-hydrogen) atoms. The van der Waals surface area contributed by atoms with Crippen molar-refractivity contribution in [3.8, 4) is 11.5 Å². The molecular formula is C20H26N2O4S. The summed E-state index contributed by atoms with van der Waals surface area (Å²) in [5.74, 6) is 1.62. The number of thiophene rings is 1. The van der Waals surface area contributed by atoms with Crippen molar-refractivity contribution >= 4 is 17.2 Å². The molecule has 1 amide bonds. The molecule has 1 atom stereocenters. The largest absolute Gasteiger partial charge is 0.494 e. The summed E-state index contributed by atoms with van der Waals surface area (Å²) in [5, 5.41) is 12.2. The summed E-state index contributed by atoms with van der Waals surface area (Å²) in [6, 6.07) is 11.2. The fraction of sp³-hybridized carbons (Fsp3) is 0.450. The van der Waals surface area contributed by atoms with Crippen LogP contribution in [0, 0.1) is 0 Å². The molecule has 1 fully saturated rings. The third kappa shape index (κ3) is 5.69. The van der Waals surface area contributed by atoms with Gasteiger partial charge in [0.1, 0.15) is 24.2 Å². The third-order valence-electron chi connectivity index (χ3n) is 4.44. The van der Waals surface area contributed by atoms with Crippen molar-refractivity contribution in [1.82, 2.24) is 9.80 Å². The van der Waals surface area contributed by atoms with E-state index in [2.05, 4.69) is 4.90 Å². The van der Waals surface area contributed by atoms with E-state index >= 15 is 0 Å². The Bertz CT molecular complexity index is 697. The fourth-order valence-electron chi connectivity index (χ4n) is 3.03. The minimum atomic E-state index is -0.573. The monoisotopic (exact) mass is 390 g/mol. The standard InChI is InChI=1S/C20H26N2O4S/c1-2-25-17-5-7-18(8-6-17)26-15-16(23)14-21-9-11-22(12-10-21)20(24)19-4-3-13-27-19/h3-8,13,16,23H,2,9-12,14-15H2,1H3. The Balaban J connectivity index is 1.37. The minimum Gasteiger partial charge on any atom is -0.494 e. The highest BCUT2D eigenvalue weighted by molar-refractivity contribution is 7.12. The van der Waals surface area contributed by atoms with Crippen LogP contribution < -0.4 is 9.47 Å². The van der Waals surface area contributed by atoms with Crippen molar-refractivity contribution in [3.63, 3.8) is 0 Å². The fourth-order valence-corrected chi connectivity index (χ4v) is 3.72. The number of rotatable bonds is 8. The summed E-state index contributed by atoms with van der Waals surface area (Å²) >= 11 is 1.47. The van der Waals surface area contributed by atoms with E-state index in [9.17, 15) is 9.90 Å². The highest BCUT2D eigenvalue weighted by Gasteiger charge is 2.23. The Kier molecular flexibility index (Phi) is 7.09. The van der Waals surface area contributed by atoms with Crippen LogP contribution in [0.4, 0.5) is 0 Å². The summed E-state index contributed by atoms with van der Waals surface area (Å²) in [7, 11) is 0. The Morgan fingerprint density at radius 3 is 2.37 bits per heavy atom. The molecule has 0 aliphatic carbocycles. The van der Waals surface area contributed by atoms with E-state index in [4.69, 9.17) is 9.47 Å². The molecule has 7 heteroatoms. The molecule has 1 aliphatic rings. The van der Waals surface area contributed by atoms with Crippen LogP contribution in [0.5, 0.6) is 11.5 Å². The van der Waals surface area contributed by atoms with Gasteiger partial charge in [0.25, 0.3) is 5.91 Å². The van der Waals surface area contributed by atoms with Crippen LogP contribution in [-0.4, -0.2) is 72.9 Å². The number of piperazine rings is 1. The van der Waals surface area contributed by atoms with Gasteiger partial charge in [-0.15, -0.1) is 11.3 Å². The number of ether oxygens (including phenoxy) is 2. The summed E-state index contributed by atoms with van der Waals surface area (Å²) < 4.78 is 11.1. The van der Waals surface area contributed by atoms with Crippen molar-refractivity contribution in [1.29, 1.82) is 0 Å². The Morgan fingerprint density at radius 2 is 1.78 bits per heavy atom. The highest BCUT2D eigenvalue weighted by Crippen LogP contribution is 2.18. The van der Waals surface area contributed by atoms with Gasteiger partial charge in [-0.1, -0.05) is 6.07 Å². The summed E-state index contributed by atoms with van der Waals surface area (Å²) in [6.07, 6.45) is -0.573. The van der Waals surface area contributed by atoms with Crippen LogP contribution in [0.15, 0.2) is 41.8 Å². The van der Waals surface area contributed by atoms with E-state index < -0.39 is 6.10 Å². The molecule has 3 rings (SSSR count). The average Bonchev–Trinajstić information content (AvgIpc) is 3.23. The zero-order chi connectivity index (χ0) is 19.1. The van der Waals surface area contributed by atoms with Crippen molar-refractivity contribution in [2.45, 2.75) is 13.0 Å². The topological polar surface area (TPSA) is 62.2 Å². The van der Waals surface area contributed by atoms with Gasteiger partial charge in [0, 0.05) is 32.7 Å². The predicted octanol–water partition coefficient (Wildman–Crippen LogP) is 2.34. The van der Waals surface area contributed by atoms with Crippen LogP contribution in [0.3, 0.4) is 0 Å². The smallest absolute Gasteiger partial charge is 0.264 e.